The minimum Gasteiger partial charge on any atom is -0.255 e. The fourth-order valence-electron chi connectivity index (χ4n) is 2.02. The van der Waals surface area contributed by atoms with E-state index in [4.69, 9.17) is 0 Å². The number of aryl methyl sites for hydroxylation is 2. The van der Waals surface area contributed by atoms with Gasteiger partial charge in [-0.3, -0.25) is 4.72 Å². The van der Waals surface area contributed by atoms with E-state index in [-0.39, 0.29) is 0 Å². The fraction of sp³-hybridized carbons (Fsp3) is 0.133. The van der Waals surface area contributed by atoms with E-state index in [1.165, 1.54) is 11.3 Å². The van der Waals surface area contributed by atoms with Crippen molar-refractivity contribution in [3.05, 3.63) is 52.2 Å². The van der Waals surface area contributed by atoms with Gasteiger partial charge in [-0.05, 0) is 42.5 Å². The van der Waals surface area contributed by atoms with Crippen molar-refractivity contribution < 1.29 is 8.42 Å². The van der Waals surface area contributed by atoms with Crippen LogP contribution in [0.1, 0.15) is 11.1 Å². The van der Waals surface area contributed by atoms with Gasteiger partial charge in [0.25, 0.3) is 10.0 Å². The molecule has 0 radical (unpaired) electrons. The Labute approximate surface area is 137 Å². The molecule has 22 heavy (non-hydrogen) atoms. The number of benzene rings is 1. The first-order valence-corrected chi connectivity index (χ1v) is 9.79. The molecule has 3 rings (SSSR count). The molecule has 7 heteroatoms. The zero-order valence-electron chi connectivity index (χ0n) is 12.0. The molecule has 2 heterocycles. The smallest absolute Gasteiger partial charge is 0.255 e. The van der Waals surface area contributed by atoms with Crippen LogP contribution in [0.3, 0.4) is 0 Å². The molecule has 0 amide bonds. The molecular weight excluding hydrogens is 336 g/mol. The van der Waals surface area contributed by atoms with Crippen molar-refractivity contribution in [2.24, 2.45) is 0 Å². The van der Waals surface area contributed by atoms with Crippen LogP contribution in [-0.4, -0.2) is 13.4 Å². The third kappa shape index (κ3) is 3.06. The zero-order chi connectivity index (χ0) is 15.7. The van der Waals surface area contributed by atoms with Crippen molar-refractivity contribution >= 4 is 37.8 Å². The highest BCUT2D eigenvalue weighted by Crippen LogP contribution is 2.29. The van der Waals surface area contributed by atoms with Crippen LogP contribution in [0.25, 0.3) is 10.6 Å². The van der Waals surface area contributed by atoms with E-state index in [1.807, 2.05) is 41.9 Å². The minimum atomic E-state index is -3.62. The second kappa shape index (κ2) is 5.83. The molecule has 3 aromatic rings. The highest BCUT2D eigenvalue weighted by molar-refractivity contribution is 7.93. The summed E-state index contributed by atoms with van der Waals surface area (Å²) in [5.41, 5.74) is 2.41. The molecule has 2 aromatic heterocycles. The Morgan fingerprint density at radius 1 is 1.14 bits per heavy atom. The molecule has 0 aliphatic carbocycles. The van der Waals surface area contributed by atoms with E-state index in [9.17, 15) is 8.42 Å². The lowest BCUT2D eigenvalue weighted by Gasteiger charge is -2.09. The quantitative estimate of drug-likeness (QED) is 0.763. The Morgan fingerprint density at radius 2 is 1.95 bits per heavy atom. The van der Waals surface area contributed by atoms with Gasteiger partial charge in [0.2, 0.25) is 0 Å². The monoisotopic (exact) mass is 350 g/mol. The van der Waals surface area contributed by atoms with Gasteiger partial charge < -0.3 is 0 Å². The molecule has 1 N–H and O–H groups in total. The van der Waals surface area contributed by atoms with Gasteiger partial charge in [0.15, 0.2) is 5.13 Å². The zero-order valence-corrected chi connectivity index (χ0v) is 14.5. The van der Waals surface area contributed by atoms with Crippen LogP contribution in [0, 0.1) is 13.8 Å². The molecule has 1 aromatic carbocycles. The minimum absolute atomic E-state index is 0.292. The predicted octanol–water partition coefficient (Wildman–Crippen LogP) is 4.29. The number of aromatic nitrogens is 1. The number of thiophene rings is 1. The van der Waals surface area contributed by atoms with Crippen molar-refractivity contribution in [1.82, 2.24) is 4.98 Å². The summed E-state index contributed by atoms with van der Waals surface area (Å²) in [4.78, 5) is 5.67. The summed E-state index contributed by atoms with van der Waals surface area (Å²) in [5, 5.41) is 4.20. The Hall–Kier alpha value is -1.70. The Balaban J connectivity index is 1.90. The van der Waals surface area contributed by atoms with Crippen molar-refractivity contribution in [3.63, 3.8) is 0 Å². The molecule has 0 bridgehead atoms. The maximum absolute atomic E-state index is 12.5. The van der Waals surface area contributed by atoms with Crippen molar-refractivity contribution in [2.75, 3.05) is 4.72 Å². The van der Waals surface area contributed by atoms with E-state index < -0.39 is 10.0 Å². The molecule has 4 nitrogen and oxygen atoms in total. The van der Waals surface area contributed by atoms with Gasteiger partial charge in [-0.25, -0.2) is 13.4 Å². The van der Waals surface area contributed by atoms with Crippen LogP contribution in [-0.2, 0) is 10.0 Å². The molecule has 114 valence electrons. The van der Waals surface area contributed by atoms with Crippen LogP contribution < -0.4 is 4.72 Å². The van der Waals surface area contributed by atoms with Gasteiger partial charge in [-0.2, -0.15) is 0 Å². The third-order valence-corrected chi connectivity index (χ3v) is 6.39. The SMILES string of the molecule is Cc1ccc(C)c(S(=O)(=O)Nc2nc(-c3cccs3)cs2)c1. The first-order valence-electron chi connectivity index (χ1n) is 6.55. The second-order valence-electron chi connectivity index (χ2n) is 4.89. The van der Waals surface area contributed by atoms with Crippen LogP contribution in [0.5, 0.6) is 0 Å². The average molecular weight is 350 g/mol. The van der Waals surface area contributed by atoms with Gasteiger partial charge in [0.05, 0.1) is 15.5 Å². The number of hydrogen-bond donors (Lipinski definition) is 1. The summed E-state index contributed by atoms with van der Waals surface area (Å²) < 4.78 is 27.6. The molecule has 0 fully saturated rings. The summed E-state index contributed by atoms with van der Waals surface area (Å²) in [7, 11) is -3.62. The standard InChI is InChI=1S/C15H14N2O2S3/c1-10-5-6-11(2)14(8-10)22(18,19)17-15-16-12(9-21-15)13-4-3-7-20-13/h3-9H,1-2H3,(H,16,17). The van der Waals surface area contributed by atoms with Crippen LogP contribution in [0.2, 0.25) is 0 Å². The lowest BCUT2D eigenvalue weighted by Crippen LogP contribution is -2.14. The molecule has 0 aliphatic rings. The normalized spacial score (nSPS) is 11.5. The first-order chi connectivity index (χ1) is 10.5. The van der Waals surface area contributed by atoms with E-state index in [0.717, 1.165) is 16.1 Å². The Kier molecular flexibility index (Phi) is 4.03. The largest absolute Gasteiger partial charge is 0.263 e. The number of hydrogen-bond acceptors (Lipinski definition) is 5. The molecule has 0 saturated heterocycles. The maximum Gasteiger partial charge on any atom is 0.263 e. The predicted molar refractivity (Wildman–Crippen MR) is 92.2 cm³/mol. The topological polar surface area (TPSA) is 59.1 Å². The number of sulfonamides is 1. The van der Waals surface area contributed by atoms with Crippen LogP contribution in [0.15, 0.2) is 46.0 Å². The van der Waals surface area contributed by atoms with Gasteiger partial charge in [-0.1, -0.05) is 18.2 Å². The molecule has 0 aliphatic heterocycles. The van der Waals surface area contributed by atoms with Gasteiger partial charge >= 0.3 is 0 Å². The van der Waals surface area contributed by atoms with E-state index in [1.54, 1.807) is 24.3 Å². The lowest BCUT2D eigenvalue weighted by atomic mass is 10.2. The first kappa shape index (κ1) is 15.2. The number of anilines is 1. The van der Waals surface area contributed by atoms with E-state index in [0.29, 0.717) is 15.6 Å². The molecule has 0 unspecified atom stereocenters. The highest BCUT2D eigenvalue weighted by Gasteiger charge is 2.19. The summed E-state index contributed by atoms with van der Waals surface area (Å²) in [6.07, 6.45) is 0. The summed E-state index contributed by atoms with van der Waals surface area (Å²) in [6, 6.07) is 9.28. The van der Waals surface area contributed by atoms with Gasteiger partial charge in [-0.15, -0.1) is 22.7 Å². The molecule has 0 atom stereocenters. The summed E-state index contributed by atoms with van der Waals surface area (Å²) in [6.45, 7) is 3.66. The van der Waals surface area contributed by atoms with Crippen molar-refractivity contribution in [1.29, 1.82) is 0 Å². The summed E-state index contributed by atoms with van der Waals surface area (Å²) >= 11 is 2.86. The summed E-state index contributed by atoms with van der Waals surface area (Å²) in [5.74, 6) is 0. The fourth-order valence-corrected chi connectivity index (χ4v) is 5.08. The van der Waals surface area contributed by atoms with Crippen molar-refractivity contribution in [3.8, 4) is 10.6 Å². The van der Waals surface area contributed by atoms with Crippen LogP contribution in [0.4, 0.5) is 5.13 Å². The van der Waals surface area contributed by atoms with Gasteiger partial charge in [0.1, 0.15) is 0 Å². The number of rotatable bonds is 4. The third-order valence-electron chi connectivity index (χ3n) is 3.13. The highest BCUT2D eigenvalue weighted by atomic mass is 32.2. The van der Waals surface area contributed by atoms with Gasteiger partial charge in [0, 0.05) is 5.38 Å². The average Bonchev–Trinajstić information content (AvgIpc) is 3.11. The second-order valence-corrected chi connectivity index (χ2v) is 8.35. The van der Waals surface area contributed by atoms with E-state index in [2.05, 4.69) is 9.71 Å². The molecular formula is C15H14N2O2S3. The van der Waals surface area contributed by atoms with E-state index >= 15 is 0 Å². The number of thiazole rings is 1. The van der Waals surface area contributed by atoms with Crippen molar-refractivity contribution in [2.45, 2.75) is 18.7 Å². The maximum atomic E-state index is 12.5. The number of nitrogens with one attached hydrogen (secondary N) is 1. The Bertz CT molecular complexity index is 897. The molecule has 0 spiro atoms. The molecule has 0 saturated carbocycles. The Morgan fingerprint density at radius 3 is 2.68 bits per heavy atom. The van der Waals surface area contributed by atoms with Crippen LogP contribution >= 0.6 is 22.7 Å². The number of nitrogens with zero attached hydrogens (tertiary/aromatic N) is 1. The lowest BCUT2D eigenvalue weighted by molar-refractivity contribution is 0.600.